The van der Waals surface area contributed by atoms with Gasteiger partial charge in [-0.25, -0.2) is 13.4 Å². The number of hydrogen-bond acceptors (Lipinski definition) is 6. The van der Waals surface area contributed by atoms with E-state index in [1.807, 2.05) is 6.08 Å². The Balaban J connectivity index is 3.06. The van der Waals surface area contributed by atoms with E-state index in [2.05, 4.69) is 20.9 Å². The van der Waals surface area contributed by atoms with Gasteiger partial charge in [-0.3, -0.25) is 9.71 Å². The second-order valence-electron chi connectivity index (χ2n) is 4.70. The SMILES string of the molecule is CCS(=O)(=O)N(C)C1=C(CC(/C=C/NC)NC=N)CNC=N1. The molecule has 22 heavy (non-hydrogen) atoms. The maximum absolute atomic E-state index is 12.0. The van der Waals surface area contributed by atoms with Gasteiger partial charge in [-0.1, -0.05) is 0 Å². The van der Waals surface area contributed by atoms with Gasteiger partial charge in [-0.05, 0) is 31.2 Å². The van der Waals surface area contributed by atoms with Crippen LogP contribution in [0.2, 0.25) is 0 Å². The highest BCUT2D eigenvalue weighted by Crippen LogP contribution is 2.20. The van der Waals surface area contributed by atoms with Crippen LogP contribution in [0.15, 0.2) is 28.7 Å². The van der Waals surface area contributed by atoms with Crippen LogP contribution in [0.3, 0.4) is 0 Å². The molecule has 0 aromatic carbocycles. The lowest BCUT2D eigenvalue weighted by Gasteiger charge is -2.26. The molecule has 9 heteroatoms. The van der Waals surface area contributed by atoms with Crippen molar-refractivity contribution in [3.8, 4) is 0 Å². The zero-order chi connectivity index (χ0) is 16.6. The van der Waals surface area contributed by atoms with Crippen LogP contribution in [0.1, 0.15) is 13.3 Å². The second kappa shape index (κ2) is 8.42. The molecule has 1 rings (SSSR count). The van der Waals surface area contributed by atoms with E-state index in [1.165, 1.54) is 17.7 Å². The van der Waals surface area contributed by atoms with Crippen molar-refractivity contribution < 1.29 is 8.42 Å². The molecular formula is C13H24N6O2S. The van der Waals surface area contributed by atoms with Crippen molar-refractivity contribution in [2.45, 2.75) is 19.4 Å². The molecule has 1 aliphatic rings. The summed E-state index contributed by atoms with van der Waals surface area (Å²) in [4.78, 5) is 4.18. The summed E-state index contributed by atoms with van der Waals surface area (Å²) in [6, 6.07) is -0.122. The molecule has 0 aromatic rings. The van der Waals surface area contributed by atoms with Gasteiger partial charge in [0.05, 0.1) is 24.5 Å². The average molecular weight is 328 g/mol. The predicted octanol–water partition coefficient (Wildman–Crippen LogP) is -0.201. The smallest absolute Gasteiger partial charge is 0.235 e. The Labute approximate surface area is 131 Å². The molecule has 0 saturated heterocycles. The molecule has 8 nitrogen and oxygen atoms in total. The van der Waals surface area contributed by atoms with Gasteiger partial charge < -0.3 is 16.0 Å². The van der Waals surface area contributed by atoms with Crippen molar-refractivity contribution in [1.82, 2.24) is 20.3 Å². The Morgan fingerprint density at radius 3 is 2.91 bits per heavy atom. The van der Waals surface area contributed by atoms with Gasteiger partial charge in [0, 0.05) is 20.6 Å². The van der Waals surface area contributed by atoms with E-state index in [9.17, 15) is 8.42 Å². The summed E-state index contributed by atoms with van der Waals surface area (Å²) in [5.41, 5.74) is 0.863. The van der Waals surface area contributed by atoms with Crippen LogP contribution >= 0.6 is 0 Å². The molecule has 1 unspecified atom stereocenters. The Morgan fingerprint density at radius 2 is 2.32 bits per heavy atom. The average Bonchev–Trinajstić information content (AvgIpc) is 2.52. The summed E-state index contributed by atoms with van der Waals surface area (Å²) in [7, 11) is -0.0558. The minimum absolute atomic E-state index is 0.0189. The van der Waals surface area contributed by atoms with E-state index in [0.29, 0.717) is 18.8 Å². The van der Waals surface area contributed by atoms with Crippen molar-refractivity contribution in [2.75, 3.05) is 26.4 Å². The monoisotopic (exact) mass is 328 g/mol. The number of sulfonamides is 1. The van der Waals surface area contributed by atoms with E-state index in [1.54, 1.807) is 20.2 Å². The lowest BCUT2D eigenvalue weighted by Crippen LogP contribution is -2.35. The molecule has 1 atom stereocenters. The van der Waals surface area contributed by atoms with Crippen LogP contribution in [0.5, 0.6) is 0 Å². The van der Waals surface area contributed by atoms with Crippen molar-refractivity contribution in [1.29, 1.82) is 5.41 Å². The molecule has 0 aliphatic carbocycles. The topological polar surface area (TPSA) is 110 Å². The van der Waals surface area contributed by atoms with Gasteiger partial charge in [0.1, 0.15) is 5.82 Å². The number of nitrogens with one attached hydrogen (secondary N) is 4. The maximum atomic E-state index is 12.0. The van der Waals surface area contributed by atoms with Gasteiger partial charge in [0.2, 0.25) is 10.0 Å². The van der Waals surface area contributed by atoms with Gasteiger partial charge >= 0.3 is 0 Å². The fourth-order valence-electron chi connectivity index (χ4n) is 2.01. The van der Waals surface area contributed by atoms with Gasteiger partial charge in [0.25, 0.3) is 0 Å². The van der Waals surface area contributed by atoms with Crippen molar-refractivity contribution in [2.24, 2.45) is 4.99 Å². The molecule has 0 saturated carbocycles. The molecule has 0 bridgehead atoms. The summed E-state index contributed by atoms with van der Waals surface area (Å²) < 4.78 is 25.3. The molecule has 0 spiro atoms. The molecule has 0 radical (unpaired) electrons. The molecule has 4 N–H and O–H groups in total. The first-order chi connectivity index (χ1) is 10.5. The van der Waals surface area contributed by atoms with E-state index in [0.717, 1.165) is 11.9 Å². The number of rotatable bonds is 9. The fourth-order valence-corrected chi connectivity index (χ4v) is 2.83. The summed E-state index contributed by atoms with van der Waals surface area (Å²) in [5, 5.41) is 16.0. The summed E-state index contributed by atoms with van der Waals surface area (Å²) in [5.74, 6) is 0.459. The van der Waals surface area contributed by atoms with Gasteiger partial charge in [-0.15, -0.1) is 0 Å². The Kier molecular flexibility index (Phi) is 6.90. The highest BCUT2D eigenvalue weighted by Gasteiger charge is 2.23. The number of nitrogens with zero attached hydrogens (tertiary/aromatic N) is 2. The fraction of sp³-hybridized carbons (Fsp3) is 0.538. The zero-order valence-corrected chi connectivity index (χ0v) is 13.9. The summed E-state index contributed by atoms with van der Waals surface area (Å²) in [6.45, 7) is 2.12. The van der Waals surface area contributed by atoms with Crippen LogP contribution in [0, 0.1) is 5.41 Å². The zero-order valence-electron chi connectivity index (χ0n) is 13.1. The first-order valence-electron chi connectivity index (χ1n) is 6.99. The molecule has 124 valence electrons. The molecular weight excluding hydrogens is 304 g/mol. The minimum Gasteiger partial charge on any atom is -0.394 e. The third-order valence-corrected chi connectivity index (χ3v) is 4.99. The highest BCUT2D eigenvalue weighted by atomic mass is 32.2. The molecule has 0 aromatic heterocycles. The number of aliphatic imine (C=N–C) groups is 1. The largest absolute Gasteiger partial charge is 0.394 e. The van der Waals surface area contributed by atoms with Crippen molar-refractivity contribution >= 4 is 22.7 Å². The Bertz CT molecular complexity index is 567. The van der Waals surface area contributed by atoms with Crippen LogP contribution < -0.4 is 16.0 Å². The predicted molar refractivity (Wildman–Crippen MR) is 89.3 cm³/mol. The molecule has 0 amide bonds. The minimum atomic E-state index is -3.36. The van der Waals surface area contributed by atoms with Crippen LogP contribution in [0.4, 0.5) is 0 Å². The lowest BCUT2D eigenvalue weighted by molar-refractivity contribution is 0.513. The third-order valence-electron chi connectivity index (χ3n) is 3.25. The quantitative estimate of drug-likeness (QED) is 0.346. The lowest BCUT2D eigenvalue weighted by atomic mass is 10.1. The van der Waals surface area contributed by atoms with E-state index in [-0.39, 0.29) is 11.8 Å². The third kappa shape index (κ3) is 4.76. The van der Waals surface area contributed by atoms with E-state index in [4.69, 9.17) is 5.41 Å². The first-order valence-corrected chi connectivity index (χ1v) is 8.60. The molecule has 0 fully saturated rings. The van der Waals surface area contributed by atoms with Crippen LogP contribution in [-0.4, -0.2) is 57.8 Å². The van der Waals surface area contributed by atoms with E-state index < -0.39 is 10.0 Å². The summed E-state index contributed by atoms with van der Waals surface area (Å²) in [6.07, 6.45) is 6.81. The van der Waals surface area contributed by atoms with Crippen molar-refractivity contribution in [3.63, 3.8) is 0 Å². The maximum Gasteiger partial charge on any atom is 0.235 e. The first kappa shape index (κ1) is 18.0. The Morgan fingerprint density at radius 1 is 1.59 bits per heavy atom. The standard InChI is InChI=1S/C13H24N6O2S/c1-4-22(20,21)19(3)13-11(8-16-10-18-13)7-12(17-9-14)5-6-15-2/h5-6,9-10,12,15H,4,7-8H2,1-3H3,(H2,14,17)(H,16,18)/b6-5+. The second-order valence-corrected chi connectivity index (χ2v) is 6.99. The van der Waals surface area contributed by atoms with Crippen LogP contribution in [-0.2, 0) is 10.0 Å². The highest BCUT2D eigenvalue weighted by molar-refractivity contribution is 7.89. The van der Waals surface area contributed by atoms with Crippen molar-refractivity contribution in [3.05, 3.63) is 23.7 Å². The summed E-state index contributed by atoms with van der Waals surface area (Å²) >= 11 is 0. The normalized spacial score (nSPS) is 16.3. The Hall–Kier alpha value is -2.03. The van der Waals surface area contributed by atoms with E-state index >= 15 is 0 Å². The van der Waals surface area contributed by atoms with Crippen LogP contribution in [0.25, 0.3) is 0 Å². The molecule has 1 aliphatic heterocycles. The van der Waals surface area contributed by atoms with Gasteiger partial charge in [-0.2, -0.15) is 0 Å². The van der Waals surface area contributed by atoms with Gasteiger partial charge in [0.15, 0.2) is 0 Å². The number of hydrogen-bond donors (Lipinski definition) is 4. The molecule has 1 heterocycles.